The van der Waals surface area contributed by atoms with Crippen LogP contribution in [0.5, 0.6) is 0 Å². The van der Waals surface area contributed by atoms with Crippen molar-refractivity contribution in [3.63, 3.8) is 0 Å². The molecule has 2 aromatic carbocycles. The fourth-order valence-corrected chi connectivity index (χ4v) is 3.31. The standard InChI is InChI=1S/C17H17ClN4O4/c18-14-3-1-2-4-16(14)21-9-7-20(8-10-21)15-6-5-12(22(25)26)11-13(15)17(23)19-24/h1-6,11,24H,7-10H2,(H,19,23). The molecule has 1 fully saturated rings. The largest absolute Gasteiger partial charge is 0.367 e. The van der Waals surface area contributed by atoms with E-state index in [0.29, 0.717) is 36.9 Å². The van der Waals surface area contributed by atoms with Crippen LogP contribution in [0, 0.1) is 10.1 Å². The maximum Gasteiger partial charge on any atom is 0.276 e. The molecule has 0 saturated carbocycles. The van der Waals surface area contributed by atoms with E-state index in [-0.39, 0.29) is 11.3 Å². The van der Waals surface area contributed by atoms with Gasteiger partial charge in [-0.15, -0.1) is 0 Å². The Morgan fingerprint density at radius 1 is 1.08 bits per heavy atom. The molecular weight excluding hydrogens is 360 g/mol. The number of carbonyl (C=O) groups is 1. The van der Waals surface area contributed by atoms with E-state index in [2.05, 4.69) is 4.90 Å². The van der Waals surface area contributed by atoms with Crippen molar-refractivity contribution in [3.05, 3.63) is 63.2 Å². The normalized spacial score (nSPS) is 14.2. The van der Waals surface area contributed by atoms with Gasteiger partial charge in [0.05, 0.1) is 26.9 Å². The van der Waals surface area contributed by atoms with Gasteiger partial charge in [0.2, 0.25) is 0 Å². The second kappa shape index (κ2) is 7.59. The molecule has 2 aromatic rings. The van der Waals surface area contributed by atoms with Crippen LogP contribution in [0.1, 0.15) is 10.4 Å². The molecule has 1 saturated heterocycles. The maximum atomic E-state index is 11.9. The Kier molecular flexibility index (Phi) is 5.24. The first kappa shape index (κ1) is 18.0. The zero-order chi connectivity index (χ0) is 18.7. The molecule has 1 aliphatic rings. The van der Waals surface area contributed by atoms with Crippen molar-refractivity contribution in [2.75, 3.05) is 36.0 Å². The predicted molar refractivity (Wildman–Crippen MR) is 98.2 cm³/mol. The molecule has 0 bridgehead atoms. The number of benzene rings is 2. The lowest BCUT2D eigenvalue weighted by Crippen LogP contribution is -2.47. The zero-order valence-electron chi connectivity index (χ0n) is 13.8. The van der Waals surface area contributed by atoms with Gasteiger partial charge in [0.25, 0.3) is 11.6 Å². The minimum Gasteiger partial charge on any atom is -0.367 e. The van der Waals surface area contributed by atoms with Gasteiger partial charge >= 0.3 is 0 Å². The van der Waals surface area contributed by atoms with Crippen molar-refractivity contribution >= 4 is 34.6 Å². The smallest absolute Gasteiger partial charge is 0.276 e. The Hall–Kier alpha value is -2.84. The predicted octanol–water partition coefficient (Wildman–Crippen LogP) is 2.69. The number of halogens is 1. The van der Waals surface area contributed by atoms with Gasteiger partial charge < -0.3 is 9.80 Å². The van der Waals surface area contributed by atoms with Crippen molar-refractivity contribution in [3.8, 4) is 0 Å². The number of hydrogen-bond acceptors (Lipinski definition) is 6. The molecule has 1 heterocycles. The van der Waals surface area contributed by atoms with Gasteiger partial charge in [-0.1, -0.05) is 23.7 Å². The fourth-order valence-electron chi connectivity index (χ4n) is 3.05. The Bertz CT molecular complexity index is 837. The number of para-hydroxylation sites is 1. The van der Waals surface area contributed by atoms with Crippen molar-refractivity contribution in [1.29, 1.82) is 0 Å². The summed E-state index contributed by atoms with van der Waals surface area (Å²) in [5.41, 5.74) is 2.90. The summed E-state index contributed by atoms with van der Waals surface area (Å²) in [6.07, 6.45) is 0. The van der Waals surface area contributed by atoms with Crippen LogP contribution < -0.4 is 15.3 Å². The molecule has 0 atom stereocenters. The number of piperazine rings is 1. The monoisotopic (exact) mass is 376 g/mol. The molecule has 1 amide bonds. The molecule has 8 nitrogen and oxygen atoms in total. The number of hydroxylamine groups is 1. The van der Waals surface area contributed by atoms with Gasteiger partial charge in [0.1, 0.15) is 0 Å². The highest BCUT2D eigenvalue weighted by molar-refractivity contribution is 6.33. The number of rotatable bonds is 4. The summed E-state index contributed by atoms with van der Waals surface area (Å²) in [5, 5.41) is 20.6. The molecular formula is C17H17ClN4O4. The molecule has 0 radical (unpaired) electrons. The molecule has 26 heavy (non-hydrogen) atoms. The summed E-state index contributed by atoms with van der Waals surface area (Å²) in [6, 6.07) is 11.6. The van der Waals surface area contributed by atoms with Crippen molar-refractivity contribution in [2.45, 2.75) is 0 Å². The van der Waals surface area contributed by atoms with Crippen LogP contribution in [0.2, 0.25) is 5.02 Å². The van der Waals surface area contributed by atoms with Crippen LogP contribution in [0.15, 0.2) is 42.5 Å². The summed E-state index contributed by atoms with van der Waals surface area (Å²) in [7, 11) is 0. The number of hydrogen-bond donors (Lipinski definition) is 2. The lowest BCUT2D eigenvalue weighted by molar-refractivity contribution is -0.384. The summed E-state index contributed by atoms with van der Waals surface area (Å²) >= 11 is 6.24. The molecule has 9 heteroatoms. The minimum atomic E-state index is -0.780. The van der Waals surface area contributed by atoms with Crippen LogP contribution in [-0.2, 0) is 0 Å². The molecule has 136 valence electrons. The lowest BCUT2D eigenvalue weighted by atomic mass is 10.1. The summed E-state index contributed by atoms with van der Waals surface area (Å²) in [6.45, 7) is 2.57. The first-order valence-electron chi connectivity index (χ1n) is 7.98. The van der Waals surface area contributed by atoms with Crippen molar-refractivity contribution in [1.82, 2.24) is 5.48 Å². The first-order chi connectivity index (χ1) is 12.5. The highest BCUT2D eigenvalue weighted by Gasteiger charge is 2.24. The van der Waals surface area contributed by atoms with Crippen LogP contribution in [0.3, 0.4) is 0 Å². The van der Waals surface area contributed by atoms with Gasteiger partial charge in [0.15, 0.2) is 0 Å². The second-order valence-electron chi connectivity index (χ2n) is 5.82. The zero-order valence-corrected chi connectivity index (χ0v) is 14.5. The maximum absolute atomic E-state index is 11.9. The number of non-ortho nitro benzene ring substituents is 1. The van der Waals surface area contributed by atoms with Crippen molar-refractivity contribution in [2.24, 2.45) is 0 Å². The van der Waals surface area contributed by atoms with E-state index in [1.54, 1.807) is 5.48 Å². The van der Waals surface area contributed by atoms with Gasteiger partial charge in [-0.25, -0.2) is 5.48 Å². The number of nitrogens with zero attached hydrogens (tertiary/aromatic N) is 3. The van der Waals surface area contributed by atoms with Gasteiger partial charge in [-0.2, -0.15) is 0 Å². The van der Waals surface area contributed by atoms with E-state index in [1.165, 1.54) is 18.2 Å². The number of carbonyl (C=O) groups excluding carboxylic acids is 1. The molecule has 0 aromatic heterocycles. The van der Waals surface area contributed by atoms with E-state index >= 15 is 0 Å². The average Bonchev–Trinajstić information content (AvgIpc) is 2.67. The number of anilines is 2. The second-order valence-corrected chi connectivity index (χ2v) is 6.23. The number of nitro groups is 1. The van der Waals surface area contributed by atoms with Crippen LogP contribution in [-0.4, -0.2) is 42.2 Å². The number of nitrogens with one attached hydrogen (secondary N) is 1. The highest BCUT2D eigenvalue weighted by Crippen LogP contribution is 2.29. The van der Waals surface area contributed by atoms with Crippen LogP contribution in [0.4, 0.5) is 17.1 Å². The molecule has 1 aliphatic heterocycles. The Balaban J connectivity index is 1.82. The SMILES string of the molecule is O=C(NO)c1cc([N+](=O)[O-])ccc1N1CCN(c2ccccc2Cl)CC1. The van der Waals surface area contributed by atoms with Gasteiger partial charge in [-0.05, 0) is 18.2 Å². The molecule has 0 aliphatic carbocycles. The Morgan fingerprint density at radius 2 is 1.69 bits per heavy atom. The molecule has 0 unspecified atom stereocenters. The van der Waals surface area contributed by atoms with Crippen LogP contribution >= 0.6 is 11.6 Å². The van der Waals surface area contributed by atoms with E-state index in [9.17, 15) is 14.9 Å². The van der Waals surface area contributed by atoms with E-state index in [4.69, 9.17) is 16.8 Å². The minimum absolute atomic E-state index is 0.0629. The van der Waals surface area contributed by atoms with Crippen LogP contribution in [0.25, 0.3) is 0 Å². The topological polar surface area (TPSA) is 98.9 Å². The molecule has 2 N–H and O–H groups in total. The summed E-state index contributed by atoms with van der Waals surface area (Å²) < 4.78 is 0. The highest BCUT2D eigenvalue weighted by atomic mass is 35.5. The number of amides is 1. The van der Waals surface area contributed by atoms with E-state index < -0.39 is 10.8 Å². The summed E-state index contributed by atoms with van der Waals surface area (Å²) in [4.78, 5) is 26.4. The Morgan fingerprint density at radius 3 is 2.27 bits per heavy atom. The molecule has 3 rings (SSSR count). The molecule has 0 spiro atoms. The van der Waals surface area contributed by atoms with E-state index in [1.807, 2.05) is 29.2 Å². The van der Waals surface area contributed by atoms with E-state index in [0.717, 1.165) is 5.69 Å². The van der Waals surface area contributed by atoms with Gasteiger partial charge in [0, 0.05) is 38.3 Å². The first-order valence-corrected chi connectivity index (χ1v) is 8.36. The third-order valence-electron chi connectivity index (χ3n) is 4.35. The van der Waals surface area contributed by atoms with Gasteiger partial charge in [-0.3, -0.25) is 20.1 Å². The fraction of sp³-hybridized carbons (Fsp3) is 0.235. The number of nitro benzene ring substituents is 1. The quantitative estimate of drug-likeness (QED) is 0.483. The third-order valence-corrected chi connectivity index (χ3v) is 4.67. The summed E-state index contributed by atoms with van der Waals surface area (Å²) in [5.74, 6) is -0.780. The third kappa shape index (κ3) is 3.56. The average molecular weight is 377 g/mol. The van der Waals surface area contributed by atoms with Crippen molar-refractivity contribution < 1.29 is 14.9 Å². The lowest BCUT2D eigenvalue weighted by Gasteiger charge is -2.38. The Labute approximate surface area is 154 Å².